The number of benzene rings is 11. The van der Waals surface area contributed by atoms with Crippen molar-refractivity contribution >= 4 is 27.1 Å². The number of hydrogen-bond acceptors (Lipinski definition) is 0. The first-order chi connectivity index (χ1) is 31.8. The molecule has 1 atom stereocenters. The van der Waals surface area contributed by atoms with Crippen LogP contribution in [0.1, 0.15) is 29.0 Å². The van der Waals surface area contributed by atoms with E-state index >= 15 is 0 Å². The normalized spacial score (nSPS) is 13.4. The van der Waals surface area contributed by atoms with Gasteiger partial charge in [-0.1, -0.05) is 243 Å². The molecule has 0 aliphatic heterocycles. The molecule has 0 aromatic heterocycles. The minimum Gasteiger partial charge on any atom is -0.0622 e. The van der Waals surface area contributed by atoms with Crippen LogP contribution in [0.3, 0.4) is 0 Å². The molecule has 1 aliphatic carbocycles. The lowest BCUT2D eigenvalue weighted by Gasteiger charge is -2.31. The molecule has 0 saturated carbocycles. The van der Waals surface area contributed by atoms with Crippen LogP contribution >= 0.6 is 0 Å². The summed E-state index contributed by atoms with van der Waals surface area (Å²) in [4.78, 5) is 0. The maximum absolute atomic E-state index is 2.49. The standard InChI is InChI=1S/C64H44/c1-5-21-43(22-6-1)47-29-13-17-33-51(47)59-41-60(52-34-18-14-30-48(52)44-23-7-2-8-24-44)56-39-40-58-62(54-36-20-16-32-50(54)46-27-11-4-12-28-46)42-61(57-38-37-55(59)63(56)64(57)58)53-35-19-15-31-49(53)45-25-9-3-10-26-45/h1-41,61H,42H2. The Morgan fingerprint density at radius 1 is 0.250 bits per heavy atom. The molecule has 64 heavy (non-hydrogen) atoms. The van der Waals surface area contributed by atoms with Crippen molar-refractivity contribution in [2.45, 2.75) is 12.3 Å². The van der Waals surface area contributed by atoms with Gasteiger partial charge in [-0.25, -0.2) is 0 Å². The molecule has 0 fully saturated rings. The predicted molar refractivity (Wildman–Crippen MR) is 271 cm³/mol. The van der Waals surface area contributed by atoms with Crippen molar-refractivity contribution in [3.8, 4) is 66.8 Å². The maximum Gasteiger partial charge on any atom is 0.0143 e. The fourth-order valence-electron chi connectivity index (χ4n) is 10.7. The summed E-state index contributed by atoms with van der Waals surface area (Å²) in [5.74, 6) is 0.109. The van der Waals surface area contributed by atoms with Crippen LogP contribution in [0, 0.1) is 0 Å². The largest absolute Gasteiger partial charge is 0.0622 e. The zero-order chi connectivity index (χ0) is 42.4. The summed E-state index contributed by atoms with van der Waals surface area (Å²) in [6, 6.07) is 92.0. The molecule has 0 saturated heterocycles. The average Bonchev–Trinajstić information content (AvgIpc) is 3.38. The van der Waals surface area contributed by atoms with E-state index in [9.17, 15) is 0 Å². The molecule has 0 heteroatoms. The lowest BCUT2D eigenvalue weighted by Crippen LogP contribution is -2.21. The molecule has 0 nitrogen and oxygen atoms in total. The third-order valence-corrected chi connectivity index (χ3v) is 13.5. The van der Waals surface area contributed by atoms with Gasteiger partial charge in [0, 0.05) is 5.92 Å². The molecular weight excluding hydrogens is 769 g/mol. The topological polar surface area (TPSA) is 0 Å². The van der Waals surface area contributed by atoms with Gasteiger partial charge in [0.1, 0.15) is 0 Å². The molecule has 0 radical (unpaired) electrons. The van der Waals surface area contributed by atoms with Gasteiger partial charge in [0.25, 0.3) is 0 Å². The lowest BCUT2D eigenvalue weighted by molar-refractivity contribution is 0.840. The monoisotopic (exact) mass is 812 g/mol. The van der Waals surface area contributed by atoms with E-state index < -0.39 is 0 Å². The van der Waals surface area contributed by atoms with Gasteiger partial charge in [0.2, 0.25) is 0 Å². The van der Waals surface area contributed by atoms with Crippen LogP contribution in [0.15, 0.2) is 249 Å². The minimum atomic E-state index is 0.109. The van der Waals surface area contributed by atoms with E-state index in [0.717, 1.165) is 6.42 Å². The van der Waals surface area contributed by atoms with Gasteiger partial charge in [-0.2, -0.15) is 0 Å². The molecule has 1 unspecified atom stereocenters. The van der Waals surface area contributed by atoms with Crippen molar-refractivity contribution in [3.05, 3.63) is 271 Å². The Morgan fingerprint density at radius 2 is 0.625 bits per heavy atom. The highest BCUT2D eigenvalue weighted by Gasteiger charge is 2.30. The van der Waals surface area contributed by atoms with Gasteiger partial charge in [-0.3, -0.25) is 0 Å². The van der Waals surface area contributed by atoms with Gasteiger partial charge in [0.15, 0.2) is 0 Å². The number of hydrogen-bond donors (Lipinski definition) is 0. The van der Waals surface area contributed by atoms with Crippen molar-refractivity contribution in [1.29, 1.82) is 0 Å². The SMILES string of the molecule is c1ccc(-c2ccccc2C2=c3ccc4c(-c5ccccc5-c5ccccc5)cc(-c5ccccc5-c5ccccc5)c5ccc(c3c54)C(c3ccccc3-c3ccccc3)C2)cc1. The van der Waals surface area contributed by atoms with Crippen molar-refractivity contribution < 1.29 is 0 Å². The Bertz CT molecular complexity index is 3450. The van der Waals surface area contributed by atoms with Gasteiger partial charge >= 0.3 is 0 Å². The summed E-state index contributed by atoms with van der Waals surface area (Å²) in [5, 5.41) is 6.54. The van der Waals surface area contributed by atoms with Crippen molar-refractivity contribution in [2.24, 2.45) is 0 Å². The van der Waals surface area contributed by atoms with E-state index in [4.69, 9.17) is 0 Å². The predicted octanol–water partition coefficient (Wildman–Crippen LogP) is 16.4. The summed E-state index contributed by atoms with van der Waals surface area (Å²) < 4.78 is 0. The molecule has 1 aliphatic rings. The summed E-state index contributed by atoms with van der Waals surface area (Å²) in [7, 11) is 0. The average molecular weight is 813 g/mol. The first kappa shape index (κ1) is 37.7. The second-order valence-electron chi connectivity index (χ2n) is 17.0. The lowest BCUT2D eigenvalue weighted by atomic mass is 9.72. The Labute approximate surface area is 375 Å². The fourth-order valence-corrected chi connectivity index (χ4v) is 10.7. The molecule has 0 bridgehead atoms. The van der Waals surface area contributed by atoms with E-state index in [1.165, 1.54) is 116 Å². The van der Waals surface area contributed by atoms with E-state index in [1.807, 2.05) is 0 Å². The highest BCUT2D eigenvalue weighted by Crippen LogP contribution is 2.50. The molecule has 11 aromatic carbocycles. The fraction of sp³-hybridized carbons (Fsp3) is 0.0312. The first-order valence-electron chi connectivity index (χ1n) is 22.4. The molecule has 11 aromatic rings. The Kier molecular flexibility index (Phi) is 9.42. The van der Waals surface area contributed by atoms with Crippen LogP contribution in [0.25, 0.3) is 93.9 Å². The Hall–Kier alpha value is -8.06. The smallest absolute Gasteiger partial charge is 0.0143 e. The van der Waals surface area contributed by atoms with Gasteiger partial charge in [0.05, 0.1) is 0 Å². The summed E-state index contributed by atoms with van der Waals surface area (Å²) in [6.07, 6.45) is 0.876. The molecule has 300 valence electrons. The quantitative estimate of drug-likeness (QED) is 0.143. The molecule has 12 rings (SSSR count). The van der Waals surface area contributed by atoms with Gasteiger partial charge in [-0.05, 0) is 128 Å². The van der Waals surface area contributed by atoms with Crippen LogP contribution in [0.2, 0.25) is 0 Å². The van der Waals surface area contributed by atoms with Crippen LogP contribution in [0.4, 0.5) is 0 Å². The minimum absolute atomic E-state index is 0.109. The zero-order valence-electron chi connectivity index (χ0n) is 35.5. The maximum atomic E-state index is 2.49. The highest BCUT2D eigenvalue weighted by molar-refractivity contribution is 6.22. The van der Waals surface area contributed by atoms with Crippen molar-refractivity contribution in [2.75, 3.05) is 0 Å². The first-order valence-corrected chi connectivity index (χ1v) is 22.4. The molecule has 0 amide bonds. The van der Waals surface area contributed by atoms with Gasteiger partial charge < -0.3 is 0 Å². The van der Waals surface area contributed by atoms with Crippen LogP contribution in [-0.4, -0.2) is 0 Å². The van der Waals surface area contributed by atoms with Gasteiger partial charge in [-0.15, -0.1) is 0 Å². The molecule has 0 spiro atoms. The second kappa shape index (κ2) is 16.0. The highest BCUT2D eigenvalue weighted by atomic mass is 14.3. The van der Waals surface area contributed by atoms with E-state index in [1.54, 1.807) is 0 Å². The molecular formula is C64H44. The molecule has 0 heterocycles. The summed E-state index contributed by atoms with van der Waals surface area (Å²) in [5.41, 5.74) is 20.3. The summed E-state index contributed by atoms with van der Waals surface area (Å²) >= 11 is 0. The second-order valence-corrected chi connectivity index (χ2v) is 17.0. The van der Waals surface area contributed by atoms with E-state index in [2.05, 4.69) is 249 Å². The van der Waals surface area contributed by atoms with E-state index in [0.29, 0.717) is 0 Å². The number of rotatable bonds is 8. The van der Waals surface area contributed by atoms with Crippen molar-refractivity contribution in [1.82, 2.24) is 0 Å². The van der Waals surface area contributed by atoms with Crippen LogP contribution < -0.4 is 5.22 Å². The Balaban J connectivity index is 1.24. The third kappa shape index (κ3) is 6.38. The molecule has 0 N–H and O–H groups in total. The summed E-state index contributed by atoms with van der Waals surface area (Å²) in [6.45, 7) is 0. The van der Waals surface area contributed by atoms with Crippen LogP contribution in [-0.2, 0) is 0 Å². The Morgan fingerprint density at radius 3 is 1.12 bits per heavy atom. The van der Waals surface area contributed by atoms with Crippen LogP contribution in [0.5, 0.6) is 0 Å². The zero-order valence-corrected chi connectivity index (χ0v) is 35.5. The van der Waals surface area contributed by atoms with Crippen molar-refractivity contribution in [3.63, 3.8) is 0 Å². The van der Waals surface area contributed by atoms with E-state index in [-0.39, 0.29) is 5.92 Å². The third-order valence-electron chi connectivity index (χ3n) is 13.5.